The second kappa shape index (κ2) is 6.17. The number of nitrogens with zero attached hydrogens (tertiary/aromatic N) is 2. The third-order valence-electron chi connectivity index (χ3n) is 3.18. The van der Waals surface area contributed by atoms with Crippen LogP contribution in [0.2, 0.25) is 0 Å². The Labute approximate surface area is 141 Å². The quantitative estimate of drug-likeness (QED) is 0.798. The van der Waals surface area contributed by atoms with Gasteiger partial charge in [0.05, 0.1) is 6.20 Å². The van der Waals surface area contributed by atoms with Gasteiger partial charge in [0, 0.05) is 29.4 Å². The Kier molecular flexibility index (Phi) is 4.22. The topological polar surface area (TPSA) is 88.6 Å². The summed E-state index contributed by atoms with van der Waals surface area (Å²) in [6, 6.07) is 7.26. The molecule has 120 valence electrons. The average Bonchev–Trinajstić information content (AvgIpc) is 2.93. The maximum absolute atomic E-state index is 12.3. The summed E-state index contributed by atoms with van der Waals surface area (Å²) < 4.78 is 30.2. The van der Waals surface area contributed by atoms with Crippen LogP contribution in [0, 0.1) is 0 Å². The standard InChI is InChI=1S/C14H12BrN3O4S/c15-10-7-12(9-16-8-10)22-23(20,21)13-3-1-11(2-4-13)18-6-5-17-14(18)19/h1-4,7-9H,5-6H2,(H,17,19). The van der Waals surface area contributed by atoms with Crippen molar-refractivity contribution in [2.75, 3.05) is 18.0 Å². The lowest BCUT2D eigenvalue weighted by atomic mass is 10.3. The summed E-state index contributed by atoms with van der Waals surface area (Å²) in [6.07, 6.45) is 2.83. The van der Waals surface area contributed by atoms with Gasteiger partial charge in [0.15, 0.2) is 5.75 Å². The molecular weight excluding hydrogens is 386 g/mol. The van der Waals surface area contributed by atoms with E-state index in [1.807, 2.05) is 0 Å². The predicted molar refractivity (Wildman–Crippen MR) is 86.9 cm³/mol. The molecule has 1 N–H and O–H groups in total. The molecule has 0 bridgehead atoms. The van der Waals surface area contributed by atoms with Gasteiger partial charge in [-0.1, -0.05) is 0 Å². The highest BCUT2D eigenvalue weighted by molar-refractivity contribution is 9.10. The highest BCUT2D eigenvalue weighted by Gasteiger charge is 2.22. The van der Waals surface area contributed by atoms with Crippen LogP contribution in [0.4, 0.5) is 10.5 Å². The second-order valence-corrected chi connectivity index (χ2v) is 7.22. The summed E-state index contributed by atoms with van der Waals surface area (Å²) in [5, 5.41) is 2.68. The van der Waals surface area contributed by atoms with Gasteiger partial charge in [-0.3, -0.25) is 9.88 Å². The van der Waals surface area contributed by atoms with Gasteiger partial charge in [0.2, 0.25) is 0 Å². The van der Waals surface area contributed by atoms with Gasteiger partial charge in [0.1, 0.15) is 4.90 Å². The first-order chi connectivity index (χ1) is 11.0. The number of rotatable bonds is 4. The minimum atomic E-state index is -3.96. The second-order valence-electron chi connectivity index (χ2n) is 4.75. The minimum Gasteiger partial charge on any atom is -0.377 e. The zero-order valence-corrected chi connectivity index (χ0v) is 14.2. The average molecular weight is 398 g/mol. The molecule has 0 radical (unpaired) electrons. The molecule has 2 aromatic rings. The number of pyridine rings is 1. The molecule has 1 aliphatic rings. The monoisotopic (exact) mass is 397 g/mol. The Balaban J connectivity index is 1.81. The lowest BCUT2D eigenvalue weighted by Crippen LogP contribution is -2.27. The van der Waals surface area contributed by atoms with Gasteiger partial charge >= 0.3 is 16.1 Å². The molecule has 9 heteroatoms. The number of hydrogen-bond acceptors (Lipinski definition) is 5. The molecule has 1 aromatic carbocycles. The molecule has 7 nitrogen and oxygen atoms in total. The van der Waals surface area contributed by atoms with Crippen LogP contribution in [0.25, 0.3) is 0 Å². The fourth-order valence-electron chi connectivity index (χ4n) is 2.12. The molecule has 0 unspecified atom stereocenters. The Bertz CT molecular complexity index is 839. The third-order valence-corrected chi connectivity index (χ3v) is 4.87. The first kappa shape index (κ1) is 15.8. The van der Waals surface area contributed by atoms with Crippen LogP contribution < -0.4 is 14.4 Å². The van der Waals surface area contributed by atoms with E-state index in [-0.39, 0.29) is 16.7 Å². The summed E-state index contributed by atoms with van der Waals surface area (Å²) in [4.78, 5) is 17.0. The number of urea groups is 1. The molecule has 2 amide bonds. The van der Waals surface area contributed by atoms with Crippen molar-refractivity contribution in [2.24, 2.45) is 0 Å². The number of carbonyl (C=O) groups is 1. The Morgan fingerprint density at radius 2 is 1.96 bits per heavy atom. The van der Waals surface area contributed by atoms with Gasteiger partial charge < -0.3 is 9.50 Å². The Morgan fingerprint density at radius 3 is 2.57 bits per heavy atom. The van der Waals surface area contributed by atoms with Crippen molar-refractivity contribution in [3.63, 3.8) is 0 Å². The van der Waals surface area contributed by atoms with Crippen molar-refractivity contribution in [1.82, 2.24) is 10.3 Å². The SMILES string of the molecule is O=C1NCCN1c1ccc(S(=O)(=O)Oc2cncc(Br)c2)cc1. The van der Waals surface area contributed by atoms with Gasteiger partial charge in [-0.05, 0) is 46.3 Å². The molecule has 0 saturated carbocycles. The molecule has 3 rings (SSSR count). The maximum Gasteiger partial charge on any atom is 0.339 e. The number of carbonyl (C=O) groups excluding carboxylic acids is 1. The van der Waals surface area contributed by atoms with E-state index in [4.69, 9.17) is 4.18 Å². The summed E-state index contributed by atoms with van der Waals surface area (Å²) in [7, 11) is -3.96. The van der Waals surface area contributed by atoms with Gasteiger partial charge in [-0.25, -0.2) is 4.79 Å². The molecule has 1 saturated heterocycles. The number of aromatic nitrogens is 1. The third kappa shape index (κ3) is 3.45. The predicted octanol–water partition coefficient (Wildman–Crippen LogP) is 2.14. The number of halogens is 1. The van der Waals surface area contributed by atoms with Crippen molar-refractivity contribution in [3.05, 3.63) is 47.2 Å². The molecule has 0 aliphatic carbocycles. The van der Waals surface area contributed by atoms with E-state index in [2.05, 4.69) is 26.2 Å². The van der Waals surface area contributed by atoms with Crippen LogP contribution in [-0.4, -0.2) is 32.5 Å². The van der Waals surface area contributed by atoms with E-state index in [1.54, 1.807) is 12.1 Å². The minimum absolute atomic E-state index is 0.000769. The highest BCUT2D eigenvalue weighted by atomic mass is 79.9. The van der Waals surface area contributed by atoms with E-state index >= 15 is 0 Å². The molecule has 1 aromatic heterocycles. The number of anilines is 1. The maximum atomic E-state index is 12.3. The van der Waals surface area contributed by atoms with Crippen molar-refractivity contribution in [1.29, 1.82) is 0 Å². The lowest BCUT2D eigenvalue weighted by molar-refractivity contribution is 0.252. The number of hydrogen-bond donors (Lipinski definition) is 1. The van der Waals surface area contributed by atoms with Crippen molar-refractivity contribution >= 4 is 37.8 Å². The summed E-state index contributed by atoms with van der Waals surface area (Å²) in [6.45, 7) is 1.11. The van der Waals surface area contributed by atoms with E-state index in [1.165, 1.54) is 35.5 Å². The largest absolute Gasteiger partial charge is 0.377 e. The molecule has 2 heterocycles. The van der Waals surface area contributed by atoms with Gasteiger partial charge in [0.25, 0.3) is 0 Å². The zero-order chi connectivity index (χ0) is 16.4. The van der Waals surface area contributed by atoms with Crippen molar-refractivity contribution < 1.29 is 17.4 Å². The van der Waals surface area contributed by atoms with Crippen LogP contribution in [0.5, 0.6) is 5.75 Å². The normalized spacial score (nSPS) is 14.7. The summed E-state index contributed by atoms with van der Waals surface area (Å²) >= 11 is 3.20. The number of benzene rings is 1. The lowest BCUT2D eigenvalue weighted by Gasteiger charge is -2.14. The highest BCUT2D eigenvalue weighted by Crippen LogP contribution is 2.23. The summed E-state index contributed by atoms with van der Waals surface area (Å²) in [5.41, 5.74) is 0.628. The number of nitrogens with one attached hydrogen (secondary N) is 1. The van der Waals surface area contributed by atoms with Crippen LogP contribution in [0.1, 0.15) is 0 Å². The van der Waals surface area contributed by atoms with E-state index in [9.17, 15) is 13.2 Å². The first-order valence-electron chi connectivity index (χ1n) is 6.66. The van der Waals surface area contributed by atoms with Gasteiger partial charge in [-0.2, -0.15) is 8.42 Å². The van der Waals surface area contributed by atoms with Crippen LogP contribution in [0.15, 0.2) is 52.1 Å². The van der Waals surface area contributed by atoms with Crippen molar-refractivity contribution in [2.45, 2.75) is 4.90 Å². The Hall–Kier alpha value is -2.13. The molecular formula is C14H12BrN3O4S. The van der Waals surface area contributed by atoms with Crippen molar-refractivity contribution in [3.8, 4) is 5.75 Å². The van der Waals surface area contributed by atoms with Crippen LogP contribution in [0.3, 0.4) is 0 Å². The van der Waals surface area contributed by atoms with Crippen LogP contribution in [-0.2, 0) is 10.1 Å². The van der Waals surface area contributed by atoms with E-state index in [0.29, 0.717) is 23.2 Å². The first-order valence-corrected chi connectivity index (χ1v) is 8.86. The smallest absolute Gasteiger partial charge is 0.339 e. The zero-order valence-electron chi connectivity index (χ0n) is 11.8. The fraction of sp³-hybridized carbons (Fsp3) is 0.143. The molecule has 1 fully saturated rings. The van der Waals surface area contributed by atoms with E-state index in [0.717, 1.165) is 0 Å². The van der Waals surface area contributed by atoms with Crippen LogP contribution >= 0.6 is 15.9 Å². The molecule has 1 aliphatic heterocycles. The molecule has 0 atom stereocenters. The molecule has 0 spiro atoms. The fourth-order valence-corrected chi connectivity index (χ4v) is 3.38. The number of amides is 2. The van der Waals surface area contributed by atoms with Gasteiger partial charge in [-0.15, -0.1) is 0 Å². The summed E-state index contributed by atoms with van der Waals surface area (Å²) in [5.74, 6) is 0.113. The molecule has 23 heavy (non-hydrogen) atoms. The van der Waals surface area contributed by atoms with E-state index < -0.39 is 10.1 Å². The Morgan fingerprint density at radius 1 is 1.22 bits per heavy atom.